The average molecular weight is 367 g/mol. The molecule has 0 saturated carbocycles. The molecular formula is C18H19ClO6. The molecule has 0 aliphatic carbocycles. The van der Waals surface area contributed by atoms with Crippen LogP contribution in [-0.2, 0) is 16.0 Å². The summed E-state index contributed by atoms with van der Waals surface area (Å²) >= 11 is 6.03. The number of cyclic esters (lactones) is 1. The van der Waals surface area contributed by atoms with Gasteiger partial charge in [0.2, 0.25) is 0 Å². The Hall–Kier alpha value is -2.31. The largest absolute Gasteiger partial charge is 0.507 e. The van der Waals surface area contributed by atoms with Gasteiger partial charge >= 0.3 is 5.97 Å². The first-order valence-electron chi connectivity index (χ1n) is 7.78. The average Bonchev–Trinajstić information content (AvgIpc) is 2.50. The highest BCUT2D eigenvalue weighted by molar-refractivity contribution is 6.33. The molecule has 0 fully saturated rings. The standard InChI is InChI=1S/C18H19ClO6/c1-10-7-11(20)5-3-2-4-6-12(21)8-13-16(18(24)25-10)14(22)9-15(23)17(13)19/h3-6,9-11,20,22-23H,2,7-8H2,1H3. The predicted molar refractivity (Wildman–Crippen MR) is 91.9 cm³/mol. The maximum absolute atomic E-state index is 12.4. The zero-order valence-corrected chi connectivity index (χ0v) is 14.4. The van der Waals surface area contributed by atoms with Crippen LogP contribution < -0.4 is 0 Å². The molecule has 0 bridgehead atoms. The van der Waals surface area contributed by atoms with Crippen LogP contribution in [0.1, 0.15) is 35.7 Å². The molecule has 3 N–H and O–H groups in total. The first-order chi connectivity index (χ1) is 11.8. The SMILES string of the molecule is CC1CC(O)C=CCC=CC(=O)Cc2c(Cl)c(O)cc(O)c2C(=O)O1. The van der Waals surface area contributed by atoms with Crippen molar-refractivity contribution in [2.45, 2.75) is 38.4 Å². The molecule has 0 amide bonds. The van der Waals surface area contributed by atoms with E-state index in [0.717, 1.165) is 6.07 Å². The summed E-state index contributed by atoms with van der Waals surface area (Å²) in [4.78, 5) is 24.5. The minimum Gasteiger partial charge on any atom is -0.507 e. The van der Waals surface area contributed by atoms with Crippen molar-refractivity contribution in [3.8, 4) is 11.5 Å². The Kier molecular flexibility index (Phi) is 6.22. The number of aliphatic hydroxyl groups excluding tert-OH is 1. The van der Waals surface area contributed by atoms with Crippen molar-refractivity contribution in [2.24, 2.45) is 0 Å². The van der Waals surface area contributed by atoms with Gasteiger partial charge in [0.1, 0.15) is 23.2 Å². The van der Waals surface area contributed by atoms with Crippen molar-refractivity contribution in [2.75, 3.05) is 0 Å². The first kappa shape index (κ1) is 19.0. The van der Waals surface area contributed by atoms with Gasteiger partial charge in [-0.3, -0.25) is 4.79 Å². The van der Waals surface area contributed by atoms with Crippen LogP contribution in [0.25, 0.3) is 0 Å². The number of aromatic hydroxyl groups is 2. The van der Waals surface area contributed by atoms with Gasteiger partial charge in [-0.05, 0) is 19.4 Å². The number of rotatable bonds is 0. The number of aliphatic hydroxyl groups is 1. The molecule has 1 aromatic carbocycles. The highest BCUT2D eigenvalue weighted by Gasteiger charge is 2.26. The zero-order chi connectivity index (χ0) is 18.6. The van der Waals surface area contributed by atoms with Crippen molar-refractivity contribution in [3.63, 3.8) is 0 Å². The summed E-state index contributed by atoms with van der Waals surface area (Å²) in [5.41, 5.74) is -0.266. The second-order valence-electron chi connectivity index (χ2n) is 5.81. The van der Waals surface area contributed by atoms with Gasteiger partial charge in [-0.1, -0.05) is 29.8 Å². The quantitative estimate of drug-likeness (QED) is 0.481. The topological polar surface area (TPSA) is 104 Å². The number of ether oxygens (including phenoxy) is 1. The van der Waals surface area contributed by atoms with Crippen molar-refractivity contribution in [1.82, 2.24) is 0 Å². The molecule has 2 atom stereocenters. The minimum absolute atomic E-state index is 0.000772. The molecule has 0 radical (unpaired) electrons. The third-order valence-electron chi connectivity index (χ3n) is 3.69. The van der Waals surface area contributed by atoms with E-state index in [2.05, 4.69) is 0 Å². The van der Waals surface area contributed by atoms with E-state index in [1.807, 2.05) is 0 Å². The Labute approximate surface area is 150 Å². The molecule has 25 heavy (non-hydrogen) atoms. The number of hydrogen-bond acceptors (Lipinski definition) is 6. The third kappa shape index (κ3) is 4.84. The lowest BCUT2D eigenvalue weighted by Crippen LogP contribution is -2.21. The van der Waals surface area contributed by atoms with Gasteiger partial charge in [-0.15, -0.1) is 0 Å². The van der Waals surface area contributed by atoms with E-state index in [9.17, 15) is 24.9 Å². The third-order valence-corrected chi connectivity index (χ3v) is 4.11. The van der Waals surface area contributed by atoms with Gasteiger partial charge in [0.15, 0.2) is 5.78 Å². The summed E-state index contributed by atoms with van der Waals surface area (Å²) in [5, 5.41) is 29.5. The summed E-state index contributed by atoms with van der Waals surface area (Å²) in [5.74, 6) is -2.21. The molecule has 0 aromatic heterocycles. The molecule has 1 aliphatic rings. The van der Waals surface area contributed by atoms with Crippen LogP contribution in [0.4, 0.5) is 0 Å². The number of allylic oxidation sites excluding steroid dienone is 3. The number of halogens is 1. The Balaban J connectivity index is 2.49. The van der Waals surface area contributed by atoms with Gasteiger partial charge < -0.3 is 20.1 Å². The van der Waals surface area contributed by atoms with E-state index < -0.39 is 29.7 Å². The smallest absolute Gasteiger partial charge is 0.342 e. The number of esters is 1. The van der Waals surface area contributed by atoms with E-state index in [1.165, 1.54) is 6.08 Å². The number of benzene rings is 1. The van der Waals surface area contributed by atoms with E-state index in [1.54, 1.807) is 25.2 Å². The van der Waals surface area contributed by atoms with E-state index >= 15 is 0 Å². The van der Waals surface area contributed by atoms with Crippen molar-refractivity contribution < 1.29 is 29.6 Å². The lowest BCUT2D eigenvalue weighted by atomic mass is 9.99. The summed E-state index contributed by atoms with van der Waals surface area (Å²) in [6.07, 6.45) is 5.08. The van der Waals surface area contributed by atoms with Crippen LogP contribution in [0.15, 0.2) is 30.4 Å². The van der Waals surface area contributed by atoms with Crippen LogP contribution in [0.3, 0.4) is 0 Å². The molecule has 1 heterocycles. The van der Waals surface area contributed by atoms with Crippen LogP contribution in [0.2, 0.25) is 5.02 Å². The molecule has 6 nitrogen and oxygen atoms in total. The molecule has 0 saturated heterocycles. The van der Waals surface area contributed by atoms with Gasteiger partial charge in [0.05, 0.1) is 11.1 Å². The minimum atomic E-state index is -0.882. The number of carbonyl (C=O) groups excluding carboxylic acids is 2. The molecule has 7 heteroatoms. The molecule has 0 spiro atoms. The van der Waals surface area contributed by atoms with Gasteiger partial charge in [0.25, 0.3) is 0 Å². The van der Waals surface area contributed by atoms with Crippen LogP contribution in [0, 0.1) is 0 Å². The normalized spacial score (nSPS) is 22.2. The Morgan fingerprint density at radius 3 is 2.64 bits per heavy atom. The predicted octanol–water partition coefficient (Wildman–Crippen LogP) is 2.68. The fraction of sp³-hybridized carbons (Fsp3) is 0.333. The summed E-state index contributed by atoms with van der Waals surface area (Å²) in [6.45, 7) is 1.60. The van der Waals surface area contributed by atoms with Gasteiger partial charge in [-0.2, -0.15) is 0 Å². The molecule has 2 rings (SSSR count). The number of hydrogen-bond donors (Lipinski definition) is 3. The molecule has 1 aliphatic heterocycles. The number of fused-ring (bicyclic) bond motifs is 1. The van der Waals surface area contributed by atoms with E-state index in [-0.39, 0.29) is 34.8 Å². The second-order valence-corrected chi connectivity index (χ2v) is 6.19. The molecular weight excluding hydrogens is 348 g/mol. The molecule has 2 unspecified atom stereocenters. The number of ketones is 1. The van der Waals surface area contributed by atoms with Crippen molar-refractivity contribution >= 4 is 23.4 Å². The number of phenols is 2. The lowest BCUT2D eigenvalue weighted by Gasteiger charge is -2.18. The van der Waals surface area contributed by atoms with E-state index in [0.29, 0.717) is 6.42 Å². The van der Waals surface area contributed by atoms with Gasteiger partial charge in [0, 0.05) is 24.5 Å². The fourth-order valence-corrected chi connectivity index (χ4v) is 2.75. The molecule has 134 valence electrons. The number of phenolic OH excluding ortho intramolecular Hbond substituents is 2. The highest BCUT2D eigenvalue weighted by atomic mass is 35.5. The summed E-state index contributed by atoms with van der Waals surface area (Å²) < 4.78 is 5.24. The maximum atomic E-state index is 12.4. The van der Waals surface area contributed by atoms with E-state index in [4.69, 9.17) is 16.3 Å². The Bertz CT molecular complexity index is 738. The second kappa shape index (κ2) is 8.18. The van der Waals surface area contributed by atoms with Crippen LogP contribution in [-0.4, -0.2) is 39.3 Å². The van der Waals surface area contributed by atoms with Crippen LogP contribution in [0.5, 0.6) is 11.5 Å². The highest BCUT2D eigenvalue weighted by Crippen LogP contribution is 2.37. The summed E-state index contributed by atoms with van der Waals surface area (Å²) in [6, 6.07) is 0.925. The Morgan fingerprint density at radius 1 is 1.20 bits per heavy atom. The Morgan fingerprint density at radius 2 is 1.92 bits per heavy atom. The van der Waals surface area contributed by atoms with Crippen LogP contribution >= 0.6 is 11.6 Å². The monoisotopic (exact) mass is 366 g/mol. The maximum Gasteiger partial charge on any atom is 0.342 e. The van der Waals surface area contributed by atoms with Gasteiger partial charge in [-0.25, -0.2) is 4.79 Å². The molecule has 1 aromatic rings. The number of carbonyl (C=O) groups is 2. The summed E-state index contributed by atoms with van der Waals surface area (Å²) in [7, 11) is 0. The first-order valence-corrected chi connectivity index (χ1v) is 8.15. The van der Waals surface area contributed by atoms with Crippen molar-refractivity contribution in [3.05, 3.63) is 46.5 Å². The fourth-order valence-electron chi connectivity index (χ4n) is 2.53. The zero-order valence-electron chi connectivity index (χ0n) is 13.6. The lowest BCUT2D eigenvalue weighted by molar-refractivity contribution is -0.114. The van der Waals surface area contributed by atoms with Crippen molar-refractivity contribution in [1.29, 1.82) is 0 Å².